The summed E-state index contributed by atoms with van der Waals surface area (Å²) in [4.78, 5) is 12.7. The molecule has 1 amide bonds. The van der Waals surface area contributed by atoms with Gasteiger partial charge >= 0.3 is 0 Å². The zero-order chi connectivity index (χ0) is 18.7. The molecule has 0 bridgehead atoms. The number of hydrogen-bond donors (Lipinski definition) is 2. The molecular formula is C18H19BrN2O4S. The number of nitrogens with zero attached hydrogens (tertiary/aromatic N) is 1. The SMILES string of the molecule is O=C(Nc1ccccc1O)[C@@H]1CCCN(S(=O)(=O)c2ccc(Br)cc2)C1. The predicted octanol–water partition coefficient (Wildman–Crippen LogP) is 3.19. The largest absolute Gasteiger partial charge is 0.506 e. The van der Waals surface area contributed by atoms with E-state index in [2.05, 4.69) is 21.2 Å². The smallest absolute Gasteiger partial charge is 0.243 e. The van der Waals surface area contributed by atoms with Crippen LogP contribution in [0, 0.1) is 5.92 Å². The molecule has 0 unspecified atom stereocenters. The van der Waals surface area contributed by atoms with Crippen LogP contribution in [0.25, 0.3) is 0 Å². The first kappa shape index (κ1) is 18.9. The lowest BCUT2D eigenvalue weighted by molar-refractivity contribution is -0.120. The van der Waals surface area contributed by atoms with E-state index in [4.69, 9.17) is 0 Å². The van der Waals surface area contributed by atoms with E-state index in [0.717, 1.165) is 4.47 Å². The van der Waals surface area contributed by atoms with E-state index < -0.39 is 15.9 Å². The number of sulfonamides is 1. The van der Waals surface area contributed by atoms with Gasteiger partial charge in [-0.1, -0.05) is 28.1 Å². The second-order valence-electron chi connectivity index (χ2n) is 6.16. The molecule has 1 saturated heterocycles. The van der Waals surface area contributed by atoms with Gasteiger partial charge in [0.1, 0.15) is 5.75 Å². The number of aromatic hydroxyl groups is 1. The summed E-state index contributed by atoms with van der Waals surface area (Å²) in [5, 5.41) is 12.5. The molecule has 1 aliphatic rings. The zero-order valence-corrected chi connectivity index (χ0v) is 16.3. The molecule has 1 atom stereocenters. The molecular weight excluding hydrogens is 420 g/mol. The third-order valence-electron chi connectivity index (χ3n) is 4.37. The highest BCUT2D eigenvalue weighted by Crippen LogP contribution is 2.27. The predicted molar refractivity (Wildman–Crippen MR) is 102 cm³/mol. The van der Waals surface area contributed by atoms with Crippen LogP contribution in [0.2, 0.25) is 0 Å². The number of carbonyl (C=O) groups is 1. The van der Waals surface area contributed by atoms with Crippen molar-refractivity contribution in [3.05, 3.63) is 53.0 Å². The molecule has 2 N–H and O–H groups in total. The highest BCUT2D eigenvalue weighted by atomic mass is 79.9. The molecule has 138 valence electrons. The van der Waals surface area contributed by atoms with Gasteiger partial charge in [-0.25, -0.2) is 8.42 Å². The average Bonchev–Trinajstić information content (AvgIpc) is 2.64. The number of para-hydroxylation sites is 2. The maximum absolute atomic E-state index is 12.8. The van der Waals surface area contributed by atoms with Crippen LogP contribution in [0.4, 0.5) is 5.69 Å². The van der Waals surface area contributed by atoms with Crippen molar-refractivity contribution in [2.75, 3.05) is 18.4 Å². The maximum atomic E-state index is 12.8. The van der Waals surface area contributed by atoms with Crippen molar-refractivity contribution in [1.29, 1.82) is 0 Å². The van der Waals surface area contributed by atoms with Crippen molar-refractivity contribution in [3.63, 3.8) is 0 Å². The van der Waals surface area contributed by atoms with Crippen molar-refractivity contribution in [3.8, 4) is 5.75 Å². The molecule has 2 aromatic carbocycles. The number of hydrogen-bond acceptors (Lipinski definition) is 4. The molecule has 0 spiro atoms. The van der Waals surface area contributed by atoms with Crippen LogP contribution >= 0.6 is 15.9 Å². The third kappa shape index (κ3) is 4.08. The van der Waals surface area contributed by atoms with E-state index in [9.17, 15) is 18.3 Å². The van der Waals surface area contributed by atoms with Gasteiger partial charge < -0.3 is 10.4 Å². The molecule has 0 aromatic heterocycles. The molecule has 0 aliphatic carbocycles. The average molecular weight is 439 g/mol. The van der Waals surface area contributed by atoms with Gasteiger partial charge in [-0.15, -0.1) is 0 Å². The van der Waals surface area contributed by atoms with Crippen molar-refractivity contribution in [1.82, 2.24) is 4.31 Å². The van der Waals surface area contributed by atoms with Crippen LogP contribution in [0.15, 0.2) is 57.9 Å². The van der Waals surface area contributed by atoms with Crippen LogP contribution in [-0.4, -0.2) is 36.8 Å². The number of amides is 1. The fraction of sp³-hybridized carbons (Fsp3) is 0.278. The first-order valence-electron chi connectivity index (χ1n) is 8.22. The Morgan fingerprint density at radius 1 is 1.15 bits per heavy atom. The summed E-state index contributed by atoms with van der Waals surface area (Å²) in [7, 11) is -3.64. The highest BCUT2D eigenvalue weighted by molar-refractivity contribution is 9.10. The molecule has 1 heterocycles. The van der Waals surface area contributed by atoms with Gasteiger partial charge in [-0.2, -0.15) is 4.31 Å². The first-order chi connectivity index (χ1) is 12.4. The Morgan fingerprint density at radius 3 is 2.54 bits per heavy atom. The summed E-state index contributed by atoms with van der Waals surface area (Å²) in [5.74, 6) is -0.771. The van der Waals surface area contributed by atoms with E-state index in [1.165, 1.54) is 10.4 Å². The normalized spacial score (nSPS) is 18.4. The lowest BCUT2D eigenvalue weighted by Crippen LogP contribution is -2.43. The van der Waals surface area contributed by atoms with Crippen molar-refractivity contribution < 1.29 is 18.3 Å². The van der Waals surface area contributed by atoms with E-state index in [0.29, 0.717) is 25.1 Å². The molecule has 2 aromatic rings. The van der Waals surface area contributed by atoms with E-state index in [1.54, 1.807) is 42.5 Å². The number of phenolic OH excluding ortho intramolecular Hbond substituents is 1. The van der Waals surface area contributed by atoms with Crippen molar-refractivity contribution in [2.24, 2.45) is 5.92 Å². The monoisotopic (exact) mass is 438 g/mol. The summed E-state index contributed by atoms with van der Waals surface area (Å²) in [6.07, 6.45) is 1.21. The van der Waals surface area contributed by atoms with E-state index in [-0.39, 0.29) is 23.1 Å². The molecule has 6 nitrogen and oxygen atoms in total. The summed E-state index contributed by atoms with van der Waals surface area (Å²) in [6.45, 7) is 0.511. The van der Waals surface area contributed by atoms with Crippen LogP contribution in [0.1, 0.15) is 12.8 Å². The van der Waals surface area contributed by atoms with Gasteiger partial charge in [0.2, 0.25) is 15.9 Å². The lowest BCUT2D eigenvalue weighted by atomic mass is 9.98. The number of rotatable bonds is 4. The minimum Gasteiger partial charge on any atom is -0.506 e. The van der Waals surface area contributed by atoms with Crippen molar-refractivity contribution >= 4 is 37.5 Å². The summed E-state index contributed by atoms with van der Waals surface area (Å²) in [6, 6.07) is 12.9. The Bertz CT molecular complexity index is 900. The minimum absolute atomic E-state index is 0.0176. The molecule has 1 aliphatic heterocycles. The Morgan fingerprint density at radius 2 is 1.85 bits per heavy atom. The summed E-state index contributed by atoms with van der Waals surface area (Å²) in [5.41, 5.74) is 0.324. The van der Waals surface area contributed by atoms with E-state index >= 15 is 0 Å². The van der Waals surface area contributed by atoms with Gasteiger partial charge in [0.15, 0.2) is 0 Å². The van der Waals surface area contributed by atoms with Crippen LogP contribution in [0.5, 0.6) is 5.75 Å². The third-order valence-corrected chi connectivity index (χ3v) is 6.78. The number of nitrogens with one attached hydrogen (secondary N) is 1. The van der Waals surface area contributed by atoms with Gasteiger partial charge in [0.05, 0.1) is 16.5 Å². The second kappa shape index (κ2) is 7.77. The van der Waals surface area contributed by atoms with Gasteiger partial charge in [-0.3, -0.25) is 4.79 Å². The highest BCUT2D eigenvalue weighted by Gasteiger charge is 2.33. The molecule has 1 fully saturated rings. The second-order valence-corrected chi connectivity index (χ2v) is 9.02. The number of phenols is 1. The molecule has 3 rings (SSSR count). The van der Waals surface area contributed by atoms with Crippen LogP contribution in [-0.2, 0) is 14.8 Å². The Labute approximate surface area is 161 Å². The standard InChI is InChI=1S/C18H19BrN2O4S/c19-14-7-9-15(10-8-14)26(24,25)21-11-3-4-13(12-21)18(23)20-16-5-1-2-6-17(16)22/h1-2,5-10,13,22H,3-4,11-12H2,(H,20,23)/t13-/m1/s1. The van der Waals surface area contributed by atoms with Crippen molar-refractivity contribution in [2.45, 2.75) is 17.7 Å². The number of halogens is 1. The fourth-order valence-corrected chi connectivity index (χ4v) is 4.73. The van der Waals surface area contributed by atoms with Crippen LogP contribution in [0.3, 0.4) is 0 Å². The number of anilines is 1. The molecule has 0 radical (unpaired) electrons. The van der Waals surface area contributed by atoms with Gasteiger partial charge in [-0.05, 0) is 49.2 Å². The lowest BCUT2D eigenvalue weighted by Gasteiger charge is -2.31. The Balaban J connectivity index is 1.73. The Kier molecular flexibility index (Phi) is 5.64. The molecule has 26 heavy (non-hydrogen) atoms. The fourth-order valence-electron chi connectivity index (χ4n) is 2.94. The van der Waals surface area contributed by atoms with Gasteiger partial charge in [0, 0.05) is 17.6 Å². The van der Waals surface area contributed by atoms with E-state index in [1.807, 2.05) is 0 Å². The number of benzene rings is 2. The molecule has 8 heteroatoms. The quantitative estimate of drug-likeness (QED) is 0.717. The minimum atomic E-state index is -3.64. The van der Waals surface area contributed by atoms with Gasteiger partial charge in [0.25, 0.3) is 0 Å². The first-order valence-corrected chi connectivity index (χ1v) is 10.5. The molecule has 0 saturated carbocycles. The van der Waals surface area contributed by atoms with Crippen LogP contribution < -0.4 is 5.32 Å². The zero-order valence-electron chi connectivity index (χ0n) is 13.9. The topological polar surface area (TPSA) is 86.7 Å². The number of carbonyl (C=O) groups excluding carboxylic acids is 1. The summed E-state index contributed by atoms with van der Waals surface area (Å²) >= 11 is 3.29. The summed E-state index contributed by atoms with van der Waals surface area (Å²) < 4.78 is 27.8. The Hall–Kier alpha value is -1.90. The number of piperidine rings is 1. The maximum Gasteiger partial charge on any atom is 0.243 e.